The Morgan fingerprint density at radius 3 is 2.64 bits per heavy atom. The fourth-order valence-corrected chi connectivity index (χ4v) is 1.45. The van der Waals surface area contributed by atoms with Crippen molar-refractivity contribution in [3.63, 3.8) is 0 Å². The summed E-state index contributed by atoms with van der Waals surface area (Å²) in [7, 11) is 3.79. The molecule has 14 heavy (non-hydrogen) atoms. The lowest BCUT2D eigenvalue weighted by Gasteiger charge is -2.21. The average Bonchev–Trinajstić information content (AvgIpc) is 2.19. The number of hydrogen-bond acceptors (Lipinski definition) is 3. The summed E-state index contributed by atoms with van der Waals surface area (Å²) < 4.78 is 0. The van der Waals surface area contributed by atoms with Gasteiger partial charge < -0.3 is 0 Å². The monoisotopic (exact) mass is 192 g/mol. The summed E-state index contributed by atoms with van der Waals surface area (Å²) in [5.41, 5.74) is 0.823. The molecule has 0 aliphatic heterocycles. The number of aromatic nitrogens is 1. The van der Waals surface area contributed by atoms with Crippen molar-refractivity contribution in [2.75, 3.05) is 14.1 Å². The van der Waals surface area contributed by atoms with Crippen LogP contribution in [0.25, 0.3) is 0 Å². The highest BCUT2D eigenvalue weighted by molar-refractivity contribution is 5.84. The number of hydrogen-bond donors (Lipinski definition) is 0. The Labute approximate surface area is 84.8 Å². The second-order valence-electron chi connectivity index (χ2n) is 3.44. The van der Waals surface area contributed by atoms with E-state index in [0.29, 0.717) is 6.42 Å². The van der Waals surface area contributed by atoms with E-state index in [4.69, 9.17) is 0 Å². The molecule has 1 unspecified atom stereocenters. The van der Waals surface area contributed by atoms with Crippen molar-refractivity contribution in [1.29, 1.82) is 0 Å². The van der Waals surface area contributed by atoms with E-state index in [2.05, 4.69) is 4.98 Å². The molecular weight excluding hydrogens is 176 g/mol. The lowest BCUT2D eigenvalue weighted by atomic mass is 10.1. The molecule has 0 amide bonds. The van der Waals surface area contributed by atoms with Gasteiger partial charge in [0.2, 0.25) is 0 Å². The first kappa shape index (κ1) is 10.9. The molecule has 0 saturated carbocycles. The summed E-state index contributed by atoms with van der Waals surface area (Å²) in [4.78, 5) is 17.8. The van der Waals surface area contributed by atoms with E-state index < -0.39 is 0 Å². The number of Topliss-reactive ketones (excluding diaryl/α,β-unsaturated/α-hetero) is 1. The SMILES string of the molecule is CCC(=O)C(c1ccccn1)N(C)C. The molecule has 0 bridgehead atoms. The maximum atomic E-state index is 11.7. The quantitative estimate of drug-likeness (QED) is 0.727. The smallest absolute Gasteiger partial charge is 0.155 e. The molecule has 3 heteroatoms. The zero-order valence-corrected chi connectivity index (χ0v) is 8.90. The number of carbonyl (C=O) groups excluding carboxylic acids is 1. The van der Waals surface area contributed by atoms with Crippen molar-refractivity contribution < 1.29 is 4.79 Å². The molecule has 0 saturated heterocycles. The first-order valence-electron chi connectivity index (χ1n) is 4.77. The molecule has 1 aromatic rings. The molecule has 1 atom stereocenters. The minimum atomic E-state index is -0.207. The van der Waals surface area contributed by atoms with Crippen LogP contribution < -0.4 is 0 Å². The Morgan fingerprint density at radius 1 is 1.50 bits per heavy atom. The van der Waals surface area contributed by atoms with Crippen molar-refractivity contribution >= 4 is 5.78 Å². The lowest BCUT2D eigenvalue weighted by molar-refractivity contribution is -0.123. The van der Waals surface area contributed by atoms with Crippen molar-refractivity contribution in [2.45, 2.75) is 19.4 Å². The minimum Gasteiger partial charge on any atom is -0.297 e. The first-order chi connectivity index (χ1) is 6.66. The van der Waals surface area contributed by atoms with Gasteiger partial charge in [-0.3, -0.25) is 14.7 Å². The van der Waals surface area contributed by atoms with E-state index in [9.17, 15) is 4.79 Å². The highest BCUT2D eigenvalue weighted by Crippen LogP contribution is 2.17. The first-order valence-corrected chi connectivity index (χ1v) is 4.77. The van der Waals surface area contributed by atoms with Crippen LogP contribution >= 0.6 is 0 Å². The Kier molecular flexibility index (Phi) is 3.77. The molecule has 0 aliphatic rings. The maximum absolute atomic E-state index is 11.7. The van der Waals surface area contributed by atoms with E-state index in [1.54, 1.807) is 6.20 Å². The van der Waals surface area contributed by atoms with Crippen LogP contribution in [-0.2, 0) is 4.79 Å². The Bertz CT molecular complexity index is 295. The molecule has 76 valence electrons. The summed E-state index contributed by atoms with van der Waals surface area (Å²) in [6.07, 6.45) is 2.26. The number of likely N-dealkylation sites (N-methyl/N-ethyl adjacent to an activating group) is 1. The van der Waals surface area contributed by atoms with E-state index in [1.807, 2.05) is 44.1 Å². The molecule has 1 rings (SSSR count). The number of pyridine rings is 1. The van der Waals surface area contributed by atoms with Gasteiger partial charge in [-0.15, -0.1) is 0 Å². The van der Waals surface area contributed by atoms with Gasteiger partial charge in [-0.2, -0.15) is 0 Å². The van der Waals surface area contributed by atoms with E-state index in [0.717, 1.165) is 5.69 Å². The van der Waals surface area contributed by atoms with E-state index in [-0.39, 0.29) is 11.8 Å². The van der Waals surface area contributed by atoms with Crippen LogP contribution in [0, 0.1) is 0 Å². The molecule has 0 aliphatic carbocycles. The third-order valence-corrected chi connectivity index (χ3v) is 2.14. The fraction of sp³-hybridized carbons (Fsp3) is 0.455. The van der Waals surface area contributed by atoms with Gasteiger partial charge in [0.25, 0.3) is 0 Å². The Hall–Kier alpha value is -1.22. The molecule has 1 heterocycles. The average molecular weight is 192 g/mol. The normalized spacial score (nSPS) is 12.9. The third-order valence-electron chi connectivity index (χ3n) is 2.14. The maximum Gasteiger partial charge on any atom is 0.155 e. The number of carbonyl (C=O) groups is 1. The lowest BCUT2D eigenvalue weighted by Crippen LogP contribution is -2.27. The summed E-state index contributed by atoms with van der Waals surface area (Å²) in [6.45, 7) is 1.88. The van der Waals surface area contributed by atoms with Crippen LogP contribution in [0.2, 0.25) is 0 Å². The topological polar surface area (TPSA) is 33.2 Å². The van der Waals surface area contributed by atoms with E-state index >= 15 is 0 Å². The Balaban J connectivity index is 2.95. The predicted molar refractivity (Wildman–Crippen MR) is 56.0 cm³/mol. The van der Waals surface area contributed by atoms with Gasteiger partial charge in [0, 0.05) is 12.6 Å². The highest BCUT2D eigenvalue weighted by Gasteiger charge is 2.21. The third kappa shape index (κ3) is 2.39. The van der Waals surface area contributed by atoms with Crippen molar-refractivity contribution in [3.8, 4) is 0 Å². The summed E-state index contributed by atoms with van der Waals surface area (Å²) in [5, 5.41) is 0. The molecule has 0 radical (unpaired) electrons. The zero-order valence-electron chi connectivity index (χ0n) is 8.90. The molecular formula is C11H16N2O. The van der Waals surface area contributed by atoms with Crippen LogP contribution in [0.3, 0.4) is 0 Å². The molecule has 0 fully saturated rings. The van der Waals surface area contributed by atoms with Crippen LogP contribution in [-0.4, -0.2) is 29.8 Å². The standard InChI is InChI=1S/C11H16N2O/c1-4-10(14)11(13(2)3)9-7-5-6-8-12-9/h5-8,11H,4H2,1-3H3. The summed E-state index contributed by atoms with van der Waals surface area (Å²) >= 11 is 0. The van der Waals surface area contributed by atoms with Gasteiger partial charge in [0.05, 0.1) is 5.69 Å². The van der Waals surface area contributed by atoms with Gasteiger partial charge in [-0.05, 0) is 26.2 Å². The highest BCUT2D eigenvalue weighted by atomic mass is 16.1. The van der Waals surface area contributed by atoms with E-state index in [1.165, 1.54) is 0 Å². The van der Waals surface area contributed by atoms with Gasteiger partial charge in [0.15, 0.2) is 5.78 Å². The Morgan fingerprint density at radius 2 is 2.21 bits per heavy atom. The number of rotatable bonds is 4. The molecule has 3 nitrogen and oxygen atoms in total. The molecule has 0 N–H and O–H groups in total. The predicted octanol–water partition coefficient (Wildman–Crippen LogP) is 1.66. The number of ketones is 1. The van der Waals surface area contributed by atoms with Crippen molar-refractivity contribution in [1.82, 2.24) is 9.88 Å². The minimum absolute atomic E-state index is 0.203. The van der Waals surface area contributed by atoms with Crippen molar-refractivity contribution in [3.05, 3.63) is 30.1 Å². The molecule has 0 spiro atoms. The molecule has 1 aromatic heterocycles. The van der Waals surface area contributed by atoms with Gasteiger partial charge in [-0.25, -0.2) is 0 Å². The summed E-state index contributed by atoms with van der Waals surface area (Å²) in [5.74, 6) is 0.203. The largest absolute Gasteiger partial charge is 0.297 e. The van der Waals surface area contributed by atoms with Crippen LogP contribution in [0.5, 0.6) is 0 Å². The van der Waals surface area contributed by atoms with Gasteiger partial charge >= 0.3 is 0 Å². The van der Waals surface area contributed by atoms with Gasteiger partial charge in [-0.1, -0.05) is 13.0 Å². The van der Waals surface area contributed by atoms with Crippen LogP contribution in [0.15, 0.2) is 24.4 Å². The summed E-state index contributed by atoms with van der Waals surface area (Å²) in [6, 6.07) is 5.44. The second-order valence-corrected chi connectivity index (χ2v) is 3.44. The molecule has 0 aromatic carbocycles. The second kappa shape index (κ2) is 4.86. The fourth-order valence-electron chi connectivity index (χ4n) is 1.45. The van der Waals surface area contributed by atoms with Crippen LogP contribution in [0.4, 0.5) is 0 Å². The van der Waals surface area contributed by atoms with Crippen molar-refractivity contribution in [2.24, 2.45) is 0 Å². The zero-order chi connectivity index (χ0) is 10.6. The van der Waals surface area contributed by atoms with Crippen LogP contribution in [0.1, 0.15) is 25.1 Å². The van der Waals surface area contributed by atoms with Gasteiger partial charge in [0.1, 0.15) is 6.04 Å². The number of nitrogens with zero attached hydrogens (tertiary/aromatic N) is 2.